The van der Waals surface area contributed by atoms with Gasteiger partial charge in [0, 0.05) is 11.6 Å². The summed E-state index contributed by atoms with van der Waals surface area (Å²) in [5.74, 6) is 7.63. The first kappa shape index (κ1) is 18.7. The molecule has 0 bridgehead atoms. The minimum atomic E-state index is -0.0432. The summed E-state index contributed by atoms with van der Waals surface area (Å²) in [5, 5.41) is 4.09. The van der Waals surface area contributed by atoms with Crippen molar-refractivity contribution in [3.8, 4) is 17.1 Å². The first-order valence-corrected chi connectivity index (χ1v) is 9.93. The third-order valence-corrected chi connectivity index (χ3v) is 5.44. The number of aromatic nitrogens is 1. The Morgan fingerprint density at radius 2 is 1.75 bits per heavy atom. The third-order valence-electron chi connectivity index (χ3n) is 5.44. The van der Waals surface area contributed by atoms with E-state index in [1.54, 1.807) is 0 Å². The standard InChI is InChI=1S/C23H26N2O3/c24-27-23(18-9-5-2-6-10-18)19-11-13-21(14-12-19)26-16-20-15-22(28-25-20)17-7-3-1-4-8-17/h1,3-4,7-8,11-15,18,23H,2,5-6,9-10,16,24H2. The molecule has 4 rings (SSSR count). The van der Waals surface area contributed by atoms with Crippen LogP contribution in [0.5, 0.6) is 5.75 Å². The molecule has 0 aliphatic heterocycles. The summed E-state index contributed by atoms with van der Waals surface area (Å²) in [7, 11) is 0. The quantitative estimate of drug-likeness (QED) is 0.555. The zero-order chi connectivity index (χ0) is 19.2. The lowest BCUT2D eigenvalue weighted by molar-refractivity contribution is -0.00278. The van der Waals surface area contributed by atoms with Crippen LogP contribution in [0.1, 0.15) is 49.5 Å². The summed E-state index contributed by atoms with van der Waals surface area (Å²) in [6.07, 6.45) is 6.14. The predicted octanol–water partition coefficient (Wildman–Crippen LogP) is 5.43. The number of hydrogen-bond acceptors (Lipinski definition) is 5. The zero-order valence-corrected chi connectivity index (χ0v) is 15.9. The lowest BCUT2D eigenvalue weighted by atomic mass is 9.83. The van der Waals surface area contributed by atoms with Crippen molar-refractivity contribution in [1.29, 1.82) is 0 Å². The average Bonchev–Trinajstić information content (AvgIpc) is 3.24. The molecule has 28 heavy (non-hydrogen) atoms. The van der Waals surface area contributed by atoms with Crippen LogP contribution in [0.4, 0.5) is 0 Å². The van der Waals surface area contributed by atoms with Crippen LogP contribution in [0.25, 0.3) is 11.3 Å². The molecule has 0 spiro atoms. The third kappa shape index (κ3) is 4.43. The van der Waals surface area contributed by atoms with Gasteiger partial charge in [-0.3, -0.25) is 4.84 Å². The summed E-state index contributed by atoms with van der Waals surface area (Å²) >= 11 is 0. The molecule has 1 heterocycles. The highest BCUT2D eigenvalue weighted by atomic mass is 16.6. The summed E-state index contributed by atoms with van der Waals surface area (Å²) in [6, 6.07) is 19.8. The van der Waals surface area contributed by atoms with Crippen molar-refractivity contribution in [2.75, 3.05) is 0 Å². The van der Waals surface area contributed by atoms with E-state index in [4.69, 9.17) is 20.0 Å². The molecule has 3 aromatic rings. The van der Waals surface area contributed by atoms with Crippen LogP contribution < -0.4 is 10.6 Å². The largest absolute Gasteiger partial charge is 0.487 e. The SMILES string of the molecule is NOC(c1ccc(OCc2cc(-c3ccccc3)on2)cc1)C1CCCCC1. The maximum Gasteiger partial charge on any atom is 0.167 e. The number of nitrogens with zero attached hydrogens (tertiary/aromatic N) is 1. The van der Waals surface area contributed by atoms with E-state index in [-0.39, 0.29) is 6.10 Å². The Morgan fingerprint density at radius 3 is 2.46 bits per heavy atom. The number of rotatable bonds is 7. The summed E-state index contributed by atoms with van der Waals surface area (Å²) in [6.45, 7) is 0.356. The maximum atomic E-state index is 5.86. The van der Waals surface area contributed by atoms with Gasteiger partial charge in [0.05, 0.1) is 0 Å². The Kier molecular flexibility index (Phi) is 6.04. The minimum absolute atomic E-state index is 0.0432. The van der Waals surface area contributed by atoms with E-state index in [1.807, 2.05) is 60.7 Å². The Morgan fingerprint density at radius 1 is 1.00 bits per heavy atom. The molecule has 146 valence electrons. The highest BCUT2D eigenvalue weighted by molar-refractivity contribution is 5.56. The Hall–Kier alpha value is -2.63. The van der Waals surface area contributed by atoms with E-state index in [0.717, 1.165) is 28.3 Å². The van der Waals surface area contributed by atoms with Crippen LogP contribution in [0.2, 0.25) is 0 Å². The molecule has 0 radical (unpaired) electrons. The van der Waals surface area contributed by atoms with Crippen LogP contribution in [0.15, 0.2) is 65.2 Å². The predicted molar refractivity (Wildman–Crippen MR) is 107 cm³/mol. The molecule has 5 heteroatoms. The zero-order valence-electron chi connectivity index (χ0n) is 15.9. The molecule has 1 unspecified atom stereocenters. The number of ether oxygens (including phenoxy) is 1. The van der Waals surface area contributed by atoms with Crippen LogP contribution in [-0.2, 0) is 11.4 Å². The minimum Gasteiger partial charge on any atom is -0.487 e. The van der Waals surface area contributed by atoms with Gasteiger partial charge in [0.2, 0.25) is 0 Å². The van der Waals surface area contributed by atoms with E-state index in [0.29, 0.717) is 12.5 Å². The maximum absolute atomic E-state index is 5.86. The Labute approximate surface area is 165 Å². The van der Waals surface area contributed by atoms with Crippen molar-refractivity contribution < 1.29 is 14.1 Å². The molecule has 1 aliphatic carbocycles. The number of nitrogens with two attached hydrogens (primary N) is 1. The van der Waals surface area contributed by atoms with Crippen LogP contribution in [-0.4, -0.2) is 5.16 Å². The van der Waals surface area contributed by atoms with Crippen molar-refractivity contribution in [2.45, 2.75) is 44.8 Å². The van der Waals surface area contributed by atoms with Crippen molar-refractivity contribution >= 4 is 0 Å². The lowest BCUT2D eigenvalue weighted by Crippen LogP contribution is -2.21. The number of hydrogen-bond donors (Lipinski definition) is 1. The van der Waals surface area contributed by atoms with Gasteiger partial charge >= 0.3 is 0 Å². The molecule has 0 amide bonds. The molecule has 2 N–H and O–H groups in total. The van der Waals surface area contributed by atoms with Crippen molar-refractivity contribution in [1.82, 2.24) is 5.16 Å². The van der Waals surface area contributed by atoms with Gasteiger partial charge in [-0.25, -0.2) is 5.90 Å². The molecule has 0 saturated heterocycles. The van der Waals surface area contributed by atoms with Gasteiger partial charge in [0.25, 0.3) is 0 Å². The van der Waals surface area contributed by atoms with Crippen molar-refractivity contribution in [3.05, 3.63) is 71.9 Å². The molecular weight excluding hydrogens is 352 g/mol. The van der Waals surface area contributed by atoms with E-state index < -0.39 is 0 Å². The molecule has 1 fully saturated rings. The summed E-state index contributed by atoms with van der Waals surface area (Å²) < 4.78 is 11.3. The van der Waals surface area contributed by atoms with Gasteiger partial charge in [-0.1, -0.05) is 66.9 Å². The summed E-state index contributed by atoms with van der Waals surface area (Å²) in [4.78, 5) is 5.33. The second-order valence-electron chi connectivity index (χ2n) is 7.36. The molecular formula is C23H26N2O3. The number of benzene rings is 2. The Balaban J connectivity index is 1.36. The van der Waals surface area contributed by atoms with E-state index >= 15 is 0 Å². The lowest BCUT2D eigenvalue weighted by Gasteiger charge is -2.28. The fourth-order valence-electron chi connectivity index (χ4n) is 3.93. The van der Waals surface area contributed by atoms with Crippen LogP contribution in [0.3, 0.4) is 0 Å². The van der Waals surface area contributed by atoms with Gasteiger partial charge in [-0.2, -0.15) is 0 Å². The van der Waals surface area contributed by atoms with E-state index in [9.17, 15) is 0 Å². The molecule has 5 nitrogen and oxygen atoms in total. The van der Waals surface area contributed by atoms with Crippen molar-refractivity contribution in [3.63, 3.8) is 0 Å². The normalized spacial score (nSPS) is 16.0. The monoisotopic (exact) mass is 378 g/mol. The Bertz CT molecular complexity index is 855. The highest BCUT2D eigenvalue weighted by Gasteiger charge is 2.25. The highest BCUT2D eigenvalue weighted by Crippen LogP contribution is 2.36. The molecule has 1 aromatic heterocycles. The fourth-order valence-corrected chi connectivity index (χ4v) is 3.93. The molecule has 2 aromatic carbocycles. The second-order valence-corrected chi connectivity index (χ2v) is 7.36. The van der Waals surface area contributed by atoms with E-state index in [1.165, 1.54) is 32.1 Å². The topological polar surface area (TPSA) is 70.5 Å². The van der Waals surface area contributed by atoms with Gasteiger partial charge < -0.3 is 9.26 Å². The van der Waals surface area contributed by atoms with Crippen molar-refractivity contribution in [2.24, 2.45) is 11.8 Å². The second kappa shape index (κ2) is 9.04. The van der Waals surface area contributed by atoms with Gasteiger partial charge in [-0.05, 0) is 36.5 Å². The fraction of sp³-hybridized carbons (Fsp3) is 0.348. The average molecular weight is 378 g/mol. The van der Waals surface area contributed by atoms with E-state index in [2.05, 4.69) is 5.16 Å². The van der Waals surface area contributed by atoms with Gasteiger partial charge in [0.15, 0.2) is 5.76 Å². The summed E-state index contributed by atoms with van der Waals surface area (Å²) in [5.41, 5.74) is 2.86. The van der Waals surface area contributed by atoms with Crippen LogP contribution >= 0.6 is 0 Å². The molecule has 1 saturated carbocycles. The van der Waals surface area contributed by atoms with Gasteiger partial charge in [0.1, 0.15) is 24.2 Å². The smallest absolute Gasteiger partial charge is 0.167 e. The first-order valence-electron chi connectivity index (χ1n) is 9.93. The van der Waals surface area contributed by atoms with Crippen LogP contribution in [0, 0.1) is 5.92 Å². The molecule has 1 atom stereocenters. The van der Waals surface area contributed by atoms with Gasteiger partial charge in [-0.15, -0.1) is 0 Å². The molecule has 1 aliphatic rings. The first-order chi connectivity index (χ1) is 13.8.